The third kappa shape index (κ3) is 3.81. The molecule has 0 N–H and O–H groups in total. The Morgan fingerprint density at radius 1 is 1.29 bits per heavy atom. The van der Waals surface area contributed by atoms with Crippen LogP contribution in [0.15, 0.2) is 6.20 Å². The highest BCUT2D eigenvalue weighted by molar-refractivity contribution is 5.81. The average molecular weight is 334 g/mol. The number of rotatable bonds is 3. The van der Waals surface area contributed by atoms with Gasteiger partial charge >= 0.3 is 0 Å². The van der Waals surface area contributed by atoms with Gasteiger partial charge in [0.15, 0.2) is 0 Å². The first kappa shape index (κ1) is 17.4. The third-order valence-corrected chi connectivity index (χ3v) is 4.90. The van der Waals surface area contributed by atoms with Crippen LogP contribution in [-0.2, 0) is 28.5 Å². The van der Waals surface area contributed by atoms with Gasteiger partial charge in [-0.25, -0.2) is 0 Å². The van der Waals surface area contributed by atoms with E-state index in [1.54, 1.807) is 0 Å². The van der Waals surface area contributed by atoms with Gasteiger partial charge in [-0.05, 0) is 12.8 Å². The second-order valence-corrected chi connectivity index (χ2v) is 8.03. The molecule has 0 aliphatic carbocycles. The number of amides is 1. The highest BCUT2D eigenvalue weighted by Gasteiger charge is 2.31. The SMILES string of the molecule is Cn1cc(CN2CCN(C(=O)C3CCCO3)CC2)c(C(C)(C)C)n1. The second-order valence-electron chi connectivity index (χ2n) is 8.03. The molecule has 0 bridgehead atoms. The predicted molar refractivity (Wildman–Crippen MR) is 92.7 cm³/mol. The fraction of sp³-hybridized carbons (Fsp3) is 0.778. The molecule has 0 saturated carbocycles. The van der Waals surface area contributed by atoms with Gasteiger partial charge in [0.2, 0.25) is 0 Å². The molecule has 2 aliphatic heterocycles. The fourth-order valence-electron chi connectivity index (χ4n) is 3.63. The van der Waals surface area contributed by atoms with E-state index in [0.29, 0.717) is 0 Å². The van der Waals surface area contributed by atoms with Crippen LogP contribution in [0.3, 0.4) is 0 Å². The molecule has 1 amide bonds. The molecule has 0 aromatic carbocycles. The molecule has 3 heterocycles. The van der Waals surface area contributed by atoms with Crippen LogP contribution in [0, 0.1) is 0 Å². The monoisotopic (exact) mass is 334 g/mol. The standard InChI is InChI=1S/C18H30N4O2/c1-18(2,3)16-14(12-20(4)19-16)13-21-7-9-22(10-8-21)17(23)15-6-5-11-24-15/h12,15H,5-11,13H2,1-4H3. The van der Waals surface area contributed by atoms with Crippen LogP contribution in [0.2, 0.25) is 0 Å². The van der Waals surface area contributed by atoms with Crippen molar-refractivity contribution in [3.63, 3.8) is 0 Å². The lowest BCUT2D eigenvalue weighted by Gasteiger charge is -2.36. The van der Waals surface area contributed by atoms with Crippen molar-refractivity contribution < 1.29 is 9.53 Å². The zero-order valence-corrected chi connectivity index (χ0v) is 15.4. The lowest BCUT2D eigenvalue weighted by Crippen LogP contribution is -2.51. The molecule has 24 heavy (non-hydrogen) atoms. The molecule has 1 aromatic rings. The van der Waals surface area contributed by atoms with Crippen LogP contribution < -0.4 is 0 Å². The van der Waals surface area contributed by atoms with Crippen molar-refractivity contribution in [2.45, 2.75) is 51.7 Å². The van der Waals surface area contributed by atoms with Crippen molar-refractivity contribution in [1.82, 2.24) is 19.6 Å². The number of piperazine rings is 1. The van der Waals surface area contributed by atoms with E-state index in [-0.39, 0.29) is 17.4 Å². The van der Waals surface area contributed by atoms with Crippen molar-refractivity contribution >= 4 is 5.91 Å². The Bertz CT molecular complexity index is 576. The number of nitrogens with zero attached hydrogens (tertiary/aromatic N) is 4. The third-order valence-electron chi connectivity index (χ3n) is 4.90. The Balaban J connectivity index is 1.57. The van der Waals surface area contributed by atoms with Gasteiger partial charge in [0, 0.05) is 63.6 Å². The zero-order chi connectivity index (χ0) is 17.3. The maximum Gasteiger partial charge on any atom is 0.251 e. The van der Waals surface area contributed by atoms with Crippen LogP contribution >= 0.6 is 0 Å². The molecule has 1 aromatic heterocycles. The number of aromatic nitrogens is 2. The largest absolute Gasteiger partial charge is 0.368 e. The maximum absolute atomic E-state index is 12.4. The first-order chi connectivity index (χ1) is 11.3. The van der Waals surface area contributed by atoms with Crippen LogP contribution in [0.1, 0.15) is 44.9 Å². The van der Waals surface area contributed by atoms with E-state index in [1.165, 1.54) is 11.3 Å². The summed E-state index contributed by atoms with van der Waals surface area (Å²) in [5, 5.41) is 4.65. The Morgan fingerprint density at radius 3 is 2.58 bits per heavy atom. The molecule has 2 saturated heterocycles. The molecule has 2 aliphatic rings. The molecule has 6 nitrogen and oxygen atoms in total. The molecule has 0 radical (unpaired) electrons. The Labute approximate surface area is 144 Å². The highest BCUT2D eigenvalue weighted by Crippen LogP contribution is 2.25. The minimum Gasteiger partial charge on any atom is -0.368 e. The van der Waals surface area contributed by atoms with E-state index in [2.05, 4.69) is 37.0 Å². The first-order valence-corrected chi connectivity index (χ1v) is 9.00. The van der Waals surface area contributed by atoms with Crippen molar-refractivity contribution in [2.75, 3.05) is 32.8 Å². The summed E-state index contributed by atoms with van der Waals surface area (Å²) in [5.74, 6) is 0.184. The van der Waals surface area contributed by atoms with E-state index >= 15 is 0 Å². The van der Waals surface area contributed by atoms with Gasteiger partial charge in [-0.15, -0.1) is 0 Å². The van der Waals surface area contributed by atoms with Crippen LogP contribution in [0.5, 0.6) is 0 Å². The predicted octanol–water partition coefficient (Wildman–Crippen LogP) is 1.54. The quantitative estimate of drug-likeness (QED) is 0.841. The smallest absolute Gasteiger partial charge is 0.251 e. The Kier molecular flexibility index (Phi) is 4.97. The molecule has 134 valence electrons. The van der Waals surface area contributed by atoms with Gasteiger partial charge in [0.1, 0.15) is 6.10 Å². The minimum absolute atomic E-state index is 0.0498. The molecular weight excluding hydrogens is 304 g/mol. The van der Waals surface area contributed by atoms with E-state index in [0.717, 1.165) is 52.2 Å². The van der Waals surface area contributed by atoms with E-state index in [1.807, 2.05) is 16.6 Å². The van der Waals surface area contributed by atoms with Gasteiger partial charge in [0.05, 0.1) is 5.69 Å². The summed E-state index contributed by atoms with van der Waals surface area (Å²) in [5.41, 5.74) is 2.51. The summed E-state index contributed by atoms with van der Waals surface area (Å²) in [7, 11) is 1.98. The first-order valence-electron chi connectivity index (χ1n) is 9.00. The van der Waals surface area contributed by atoms with Crippen LogP contribution in [0.25, 0.3) is 0 Å². The summed E-state index contributed by atoms with van der Waals surface area (Å²) in [6, 6.07) is 0. The summed E-state index contributed by atoms with van der Waals surface area (Å²) in [6.45, 7) is 11.7. The van der Waals surface area contributed by atoms with E-state index in [9.17, 15) is 4.79 Å². The van der Waals surface area contributed by atoms with Gasteiger partial charge in [-0.1, -0.05) is 20.8 Å². The maximum atomic E-state index is 12.4. The van der Waals surface area contributed by atoms with Crippen molar-refractivity contribution in [3.8, 4) is 0 Å². The Hall–Kier alpha value is -1.40. The summed E-state index contributed by atoms with van der Waals surface area (Å²) < 4.78 is 7.44. The number of hydrogen-bond donors (Lipinski definition) is 0. The lowest BCUT2D eigenvalue weighted by molar-refractivity contribution is -0.142. The number of carbonyl (C=O) groups is 1. The number of ether oxygens (including phenoxy) is 1. The van der Waals surface area contributed by atoms with E-state index in [4.69, 9.17) is 4.74 Å². The van der Waals surface area contributed by atoms with Crippen molar-refractivity contribution in [2.24, 2.45) is 7.05 Å². The van der Waals surface area contributed by atoms with Crippen molar-refractivity contribution in [1.29, 1.82) is 0 Å². The number of hydrogen-bond acceptors (Lipinski definition) is 4. The normalized spacial score (nSPS) is 23.0. The molecule has 1 unspecified atom stereocenters. The molecular formula is C18H30N4O2. The van der Waals surface area contributed by atoms with Gasteiger partial charge in [0.25, 0.3) is 5.91 Å². The Morgan fingerprint density at radius 2 is 2.00 bits per heavy atom. The topological polar surface area (TPSA) is 50.6 Å². The molecule has 6 heteroatoms. The highest BCUT2D eigenvalue weighted by atomic mass is 16.5. The van der Waals surface area contributed by atoms with Gasteiger partial charge < -0.3 is 9.64 Å². The average Bonchev–Trinajstić information content (AvgIpc) is 3.16. The molecule has 3 rings (SSSR count). The summed E-state index contributed by atoms with van der Waals surface area (Å²) in [4.78, 5) is 16.8. The number of carbonyl (C=O) groups excluding carboxylic acids is 1. The summed E-state index contributed by atoms with van der Waals surface area (Å²) >= 11 is 0. The fourth-order valence-corrected chi connectivity index (χ4v) is 3.63. The second kappa shape index (κ2) is 6.84. The minimum atomic E-state index is -0.192. The number of aryl methyl sites for hydroxylation is 1. The lowest BCUT2D eigenvalue weighted by atomic mass is 9.89. The van der Waals surface area contributed by atoms with Crippen molar-refractivity contribution in [3.05, 3.63) is 17.5 Å². The van der Waals surface area contributed by atoms with Gasteiger partial charge in [-0.2, -0.15) is 5.10 Å². The zero-order valence-electron chi connectivity index (χ0n) is 15.4. The van der Waals surface area contributed by atoms with Crippen LogP contribution in [-0.4, -0.2) is 64.4 Å². The summed E-state index contributed by atoms with van der Waals surface area (Å²) in [6.07, 6.45) is 3.82. The molecule has 0 spiro atoms. The van der Waals surface area contributed by atoms with E-state index < -0.39 is 0 Å². The molecule has 1 atom stereocenters. The van der Waals surface area contributed by atoms with Crippen LogP contribution in [0.4, 0.5) is 0 Å². The van der Waals surface area contributed by atoms with Gasteiger partial charge in [-0.3, -0.25) is 14.4 Å². The molecule has 2 fully saturated rings.